The van der Waals surface area contributed by atoms with Gasteiger partial charge in [0.15, 0.2) is 0 Å². The molecule has 1 aromatic heterocycles. The van der Waals surface area contributed by atoms with Crippen LogP contribution < -0.4 is 4.72 Å². The molecular formula is C22H31N3O3S. The molecule has 2 saturated heterocycles. The van der Waals surface area contributed by atoms with Gasteiger partial charge < -0.3 is 4.74 Å². The molecule has 1 atom stereocenters. The van der Waals surface area contributed by atoms with E-state index in [1.807, 2.05) is 12.1 Å². The second-order valence-electron chi connectivity index (χ2n) is 8.62. The van der Waals surface area contributed by atoms with Gasteiger partial charge in [0.05, 0.1) is 23.1 Å². The van der Waals surface area contributed by atoms with Crippen molar-refractivity contribution in [3.05, 3.63) is 42.1 Å². The summed E-state index contributed by atoms with van der Waals surface area (Å²) in [7, 11) is -3.10. The van der Waals surface area contributed by atoms with Crippen LogP contribution in [0, 0.1) is 5.92 Å². The molecule has 1 aromatic carbocycles. The van der Waals surface area contributed by atoms with Gasteiger partial charge in [-0.1, -0.05) is 24.3 Å². The lowest BCUT2D eigenvalue weighted by atomic mass is 9.78. The monoisotopic (exact) mass is 417 g/mol. The lowest BCUT2D eigenvalue weighted by molar-refractivity contribution is -0.128. The standard InChI is InChI=1S/C22H31N3O3S/c1-29(26,27)23-12-8-18-9-15-28-22(16-18)10-13-25(14-11-22)17-20-7-6-19-4-2-3-5-21(19)24-20/h2-7,18,23H,8-17H2,1H3. The average Bonchev–Trinajstić information content (AvgIpc) is 2.69. The number of nitrogens with one attached hydrogen (secondary N) is 1. The third-order valence-electron chi connectivity index (χ3n) is 6.32. The molecule has 6 nitrogen and oxygen atoms in total. The minimum absolute atomic E-state index is 0.0265. The van der Waals surface area contributed by atoms with E-state index in [1.54, 1.807) is 0 Å². The van der Waals surface area contributed by atoms with E-state index in [-0.39, 0.29) is 5.60 Å². The highest BCUT2D eigenvalue weighted by molar-refractivity contribution is 7.88. The maximum Gasteiger partial charge on any atom is 0.208 e. The van der Waals surface area contributed by atoms with E-state index in [9.17, 15) is 8.42 Å². The number of nitrogens with zero attached hydrogens (tertiary/aromatic N) is 2. The van der Waals surface area contributed by atoms with Crippen LogP contribution in [-0.2, 0) is 21.3 Å². The van der Waals surface area contributed by atoms with Crippen LogP contribution in [0.15, 0.2) is 36.4 Å². The van der Waals surface area contributed by atoms with Gasteiger partial charge in [0.25, 0.3) is 0 Å². The Bertz CT molecular complexity index is 939. The Hall–Kier alpha value is -1.54. The lowest BCUT2D eigenvalue weighted by Crippen LogP contribution is -2.49. The summed E-state index contributed by atoms with van der Waals surface area (Å²) in [6, 6.07) is 12.5. The first-order valence-electron chi connectivity index (χ1n) is 10.6. The van der Waals surface area contributed by atoms with E-state index >= 15 is 0 Å². The fourth-order valence-corrected chi connectivity index (χ4v) is 5.21. The van der Waals surface area contributed by atoms with Crippen molar-refractivity contribution < 1.29 is 13.2 Å². The second kappa shape index (κ2) is 8.68. The van der Waals surface area contributed by atoms with Crippen LogP contribution >= 0.6 is 0 Å². The van der Waals surface area contributed by atoms with Crippen LogP contribution in [0.2, 0.25) is 0 Å². The number of para-hydroxylation sites is 1. The Morgan fingerprint density at radius 1 is 1.21 bits per heavy atom. The highest BCUT2D eigenvalue weighted by Gasteiger charge is 2.40. The highest BCUT2D eigenvalue weighted by Crippen LogP contribution is 2.38. The molecule has 1 N–H and O–H groups in total. The number of pyridine rings is 1. The van der Waals surface area contributed by atoms with Gasteiger partial charge in [0.2, 0.25) is 10.0 Å². The maximum atomic E-state index is 11.3. The minimum atomic E-state index is -3.10. The van der Waals surface area contributed by atoms with Gasteiger partial charge in [-0.2, -0.15) is 0 Å². The van der Waals surface area contributed by atoms with Gasteiger partial charge in [-0.05, 0) is 50.2 Å². The third-order valence-corrected chi connectivity index (χ3v) is 7.05. The first-order chi connectivity index (χ1) is 13.9. The zero-order chi connectivity index (χ0) is 20.3. The molecule has 3 heterocycles. The summed E-state index contributed by atoms with van der Waals surface area (Å²) < 4.78 is 31.4. The summed E-state index contributed by atoms with van der Waals surface area (Å²) in [5, 5.41) is 1.18. The number of benzene rings is 1. The Morgan fingerprint density at radius 2 is 2.00 bits per heavy atom. The van der Waals surface area contributed by atoms with Crippen molar-refractivity contribution in [2.75, 3.05) is 32.5 Å². The summed E-state index contributed by atoms with van der Waals surface area (Å²) in [6.07, 6.45) is 6.26. The van der Waals surface area contributed by atoms with Crippen molar-refractivity contribution in [3.63, 3.8) is 0 Å². The van der Waals surface area contributed by atoms with Gasteiger partial charge in [-0.15, -0.1) is 0 Å². The van der Waals surface area contributed by atoms with Crippen LogP contribution in [-0.4, -0.2) is 56.4 Å². The SMILES string of the molecule is CS(=O)(=O)NCCC1CCOC2(CCN(Cc3ccc4ccccc4n3)CC2)C1. The fourth-order valence-electron chi connectivity index (χ4n) is 4.72. The Morgan fingerprint density at radius 3 is 2.79 bits per heavy atom. The van der Waals surface area contributed by atoms with Crippen LogP contribution in [0.3, 0.4) is 0 Å². The number of hydrogen-bond acceptors (Lipinski definition) is 5. The third kappa shape index (κ3) is 5.54. The molecule has 29 heavy (non-hydrogen) atoms. The van der Waals surface area contributed by atoms with Crippen molar-refractivity contribution in [3.8, 4) is 0 Å². The number of ether oxygens (including phenoxy) is 1. The van der Waals surface area contributed by atoms with Gasteiger partial charge in [-0.3, -0.25) is 9.88 Å². The zero-order valence-corrected chi connectivity index (χ0v) is 18.0. The Kier molecular flexibility index (Phi) is 6.20. The number of aromatic nitrogens is 1. The number of likely N-dealkylation sites (tertiary alicyclic amines) is 1. The van der Waals surface area contributed by atoms with Crippen LogP contribution in [0.25, 0.3) is 10.9 Å². The van der Waals surface area contributed by atoms with E-state index in [4.69, 9.17) is 9.72 Å². The first-order valence-corrected chi connectivity index (χ1v) is 12.5. The second-order valence-corrected chi connectivity index (χ2v) is 10.4. The number of piperidine rings is 1. The van der Waals surface area contributed by atoms with Crippen LogP contribution in [0.5, 0.6) is 0 Å². The molecule has 0 amide bonds. The molecule has 0 radical (unpaired) electrons. The minimum Gasteiger partial charge on any atom is -0.375 e. The number of sulfonamides is 1. The number of hydrogen-bond donors (Lipinski definition) is 1. The molecule has 2 aliphatic rings. The van der Waals surface area contributed by atoms with E-state index < -0.39 is 10.0 Å². The highest BCUT2D eigenvalue weighted by atomic mass is 32.2. The van der Waals surface area contributed by atoms with E-state index in [0.29, 0.717) is 12.5 Å². The normalized spacial score (nSPS) is 22.9. The largest absolute Gasteiger partial charge is 0.375 e. The molecule has 1 spiro atoms. The van der Waals surface area contributed by atoms with E-state index in [0.717, 1.165) is 69.6 Å². The molecule has 1 unspecified atom stereocenters. The molecule has 7 heteroatoms. The van der Waals surface area contributed by atoms with Crippen molar-refractivity contribution in [1.82, 2.24) is 14.6 Å². The lowest BCUT2D eigenvalue weighted by Gasteiger charge is -2.46. The summed E-state index contributed by atoms with van der Waals surface area (Å²) in [5.74, 6) is 0.534. The predicted molar refractivity (Wildman–Crippen MR) is 115 cm³/mol. The van der Waals surface area contributed by atoms with Gasteiger partial charge in [-0.25, -0.2) is 13.1 Å². The molecule has 0 aliphatic carbocycles. The zero-order valence-electron chi connectivity index (χ0n) is 17.1. The van der Waals surface area contributed by atoms with Crippen molar-refractivity contribution in [1.29, 1.82) is 0 Å². The summed E-state index contributed by atoms with van der Waals surface area (Å²) in [6.45, 7) is 4.23. The van der Waals surface area contributed by atoms with Crippen molar-refractivity contribution in [2.45, 2.75) is 44.2 Å². The Balaban J connectivity index is 1.29. The molecule has 0 bridgehead atoms. The van der Waals surface area contributed by atoms with Crippen LogP contribution in [0.4, 0.5) is 0 Å². The topological polar surface area (TPSA) is 71.5 Å². The van der Waals surface area contributed by atoms with Crippen molar-refractivity contribution >= 4 is 20.9 Å². The summed E-state index contributed by atoms with van der Waals surface area (Å²) in [4.78, 5) is 7.28. The van der Waals surface area contributed by atoms with E-state index in [1.165, 1.54) is 11.6 Å². The molecular weight excluding hydrogens is 386 g/mol. The molecule has 4 rings (SSSR count). The van der Waals surface area contributed by atoms with E-state index in [2.05, 4.69) is 33.9 Å². The van der Waals surface area contributed by atoms with Gasteiger partial charge in [0, 0.05) is 38.2 Å². The van der Waals surface area contributed by atoms with Crippen LogP contribution in [0.1, 0.15) is 37.8 Å². The predicted octanol–water partition coefficient (Wildman–Crippen LogP) is 2.94. The Labute approximate surface area is 173 Å². The molecule has 2 aliphatic heterocycles. The first kappa shape index (κ1) is 20.7. The number of rotatable bonds is 6. The summed E-state index contributed by atoms with van der Waals surface area (Å²) >= 11 is 0. The molecule has 158 valence electrons. The fraction of sp³-hybridized carbons (Fsp3) is 0.591. The van der Waals surface area contributed by atoms with Gasteiger partial charge in [0.1, 0.15) is 0 Å². The smallest absolute Gasteiger partial charge is 0.208 e. The molecule has 2 aromatic rings. The molecule has 0 saturated carbocycles. The van der Waals surface area contributed by atoms with Crippen molar-refractivity contribution in [2.24, 2.45) is 5.92 Å². The quantitative estimate of drug-likeness (QED) is 0.782. The maximum absolute atomic E-state index is 11.3. The average molecular weight is 418 g/mol. The number of fused-ring (bicyclic) bond motifs is 1. The summed E-state index contributed by atoms with van der Waals surface area (Å²) in [5.41, 5.74) is 2.15. The van der Waals surface area contributed by atoms with Gasteiger partial charge >= 0.3 is 0 Å². The molecule has 2 fully saturated rings.